The highest BCUT2D eigenvalue weighted by Crippen LogP contribution is 2.27. The van der Waals surface area contributed by atoms with Gasteiger partial charge in [-0.05, 0) is 36.4 Å². The van der Waals surface area contributed by atoms with Crippen molar-refractivity contribution in [3.8, 4) is 0 Å². The van der Waals surface area contributed by atoms with Crippen LogP contribution in [0.15, 0.2) is 29.6 Å². The lowest BCUT2D eigenvalue weighted by molar-refractivity contribution is 0.645. The van der Waals surface area contributed by atoms with Crippen LogP contribution >= 0.6 is 11.3 Å². The highest BCUT2D eigenvalue weighted by atomic mass is 32.1. The molecule has 1 N–H and O–H groups in total. The molecule has 2 nitrogen and oxygen atoms in total. The molecule has 1 aromatic carbocycles. The van der Waals surface area contributed by atoms with E-state index in [-0.39, 0.29) is 6.04 Å². The van der Waals surface area contributed by atoms with E-state index in [2.05, 4.69) is 62.7 Å². The zero-order valence-electron chi connectivity index (χ0n) is 13.7. The molecule has 3 heteroatoms. The van der Waals surface area contributed by atoms with Crippen molar-refractivity contribution < 1.29 is 0 Å². The predicted octanol–water partition coefficient (Wildman–Crippen LogP) is 4.77. The van der Waals surface area contributed by atoms with Crippen molar-refractivity contribution >= 4 is 11.3 Å². The lowest BCUT2D eigenvalue weighted by Crippen LogP contribution is -2.17. The maximum absolute atomic E-state index is 4.78. The van der Waals surface area contributed by atoms with Crippen LogP contribution in [-0.4, -0.2) is 12.0 Å². The number of hydrogen-bond donors (Lipinski definition) is 1. The lowest BCUT2D eigenvalue weighted by Gasteiger charge is -2.15. The summed E-state index contributed by atoms with van der Waals surface area (Å²) in [6.45, 7) is 8.89. The molecule has 0 aliphatic heterocycles. The summed E-state index contributed by atoms with van der Waals surface area (Å²) in [6.07, 6.45) is 1.14. The fourth-order valence-corrected chi connectivity index (χ4v) is 3.56. The van der Waals surface area contributed by atoms with Crippen LogP contribution in [-0.2, 0) is 6.42 Å². The molecule has 0 aliphatic rings. The predicted molar refractivity (Wildman–Crippen MR) is 92.1 cm³/mol. The fraction of sp³-hybridized carbons (Fsp3) is 0.500. The molecule has 0 spiro atoms. The molecule has 0 radical (unpaired) electrons. The molecule has 0 fully saturated rings. The average molecular weight is 302 g/mol. The molecule has 0 aliphatic carbocycles. The van der Waals surface area contributed by atoms with Crippen LogP contribution in [0.5, 0.6) is 0 Å². The first-order valence-electron chi connectivity index (χ1n) is 7.72. The Morgan fingerprint density at radius 2 is 1.76 bits per heavy atom. The Balaban J connectivity index is 2.20. The molecule has 0 saturated heterocycles. The number of rotatable bonds is 6. The summed E-state index contributed by atoms with van der Waals surface area (Å²) in [7, 11) is 2.00. The van der Waals surface area contributed by atoms with Crippen molar-refractivity contribution in [3.63, 3.8) is 0 Å². The van der Waals surface area contributed by atoms with Gasteiger partial charge in [-0.2, -0.15) is 0 Å². The largest absolute Gasteiger partial charge is 0.307 e. The summed E-state index contributed by atoms with van der Waals surface area (Å²) in [5.41, 5.74) is 3.88. The maximum Gasteiger partial charge on any atom is 0.114 e. The molecule has 2 aromatic rings. The minimum atomic E-state index is 0.190. The number of hydrogen-bond acceptors (Lipinski definition) is 3. The average Bonchev–Trinajstić information content (AvgIpc) is 2.91. The highest BCUT2D eigenvalue weighted by molar-refractivity contribution is 7.09. The Bertz CT molecular complexity index is 555. The van der Waals surface area contributed by atoms with Crippen molar-refractivity contribution in [2.75, 3.05) is 7.05 Å². The normalized spacial score (nSPS) is 13.1. The Morgan fingerprint density at radius 3 is 2.24 bits per heavy atom. The van der Waals surface area contributed by atoms with E-state index in [1.807, 2.05) is 7.05 Å². The minimum absolute atomic E-state index is 0.190. The summed E-state index contributed by atoms with van der Waals surface area (Å²) in [5, 5.41) is 6.72. The van der Waals surface area contributed by atoms with Gasteiger partial charge in [0.15, 0.2) is 0 Å². The number of nitrogens with zero attached hydrogens (tertiary/aromatic N) is 1. The third-order valence-electron chi connectivity index (χ3n) is 3.62. The lowest BCUT2D eigenvalue weighted by atomic mass is 9.99. The van der Waals surface area contributed by atoms with Gasteiger partial charge in [0.1, 0.15) is 5.01 Å². The summed E-state index contributed by atoms with van der Waals surface area (Å²) in [6, 6.07) is 9.15. The Kier molecular flexibility index (Phi) is 5.54. The van der Waals surface area contributed by atoms with Gasteiger partial charge < -0.3 is 5.32 Å². The topological polar surface area (TPSA) is 24.9 Å². The van der Waals surface area contributed by atoms with Gasteiger partial charge in [0.05, 0.1) is 11.7 Å². The van der Waals surface area contributed by atoms with E-state index in [0.717, 1.165) is 11.4 Å². The molecule has 114 valence electrons. The van der Waals surface area contributed by atoms with Gasteiger partial charge in [0.25, 0.3) is 0 Å². The van der Waals surface area contributed by atoms with E-state index in [9.17, 15) is 0 Å². The molecule has 0 amide bonds. The smallest absolute Gasteiger partial charge is 0.114 e. The molecule has 2 rings (SSSR count). The van der Waals surface area contributed by atoms with E-state index < -0.39 is 0 Å². The van der Waals surface area contributed by atoms with Gasteiger partial charge in [-0.1, -0.05) is 52.0 Å². The highest BCUT2D eigenvalue weighted by Gasteiger charge is 2.17. The third-order valence-corrected chi connectivity index (χ3v) is 4.55. The van der Waals surface area contributed by atoms with E-state index in [1.54, 1.807) is 11.3 Å². The first kappa shape index (κ1) is 16.2. The Hall–Kier alpha value is -1.19. The number of aromatic nitrogens is 1. The number of benzene rings is 1. The van der Waals surface area contributed by atoms with Crippen molar-refractivity contribution in [2.45, 2.75) is 46.1 Å². The van der Waals surface area contributed by atoms with Crippen LogP contribution in [0.3, 0.4) is 0 Å². The quantitative estimate of drug-likeness (QED) is 0.831. The van der Waals surface area contributed by atoms with Crippen molar-refractivity contribution in [2.24, 2.45) is 5.92 Å². The minimum Gasteiger partial charge on any atom is -0.307 e. The Morgan fingerprint density at radius 1 is 1.10 bits per heavy atom. The standard InChI is InChI=1S/C18H26N2S/c1-12(2)10-14-6-8-15(9-7-14)17(19-5)18-20-16(11-21-18)13(3)4/h6-9,11-13,17,19H,10H2,1-5H3. The van der Waals surface area contributed by atoms with E-state index >= 15 is 0 Å². The molecule has 21 heavy (non-hydrogen) atoms. The van der Waals surface area contributed by atoms with E-state index in [0.29, 0.717) is 11.8 Å². The molecular formula is C18H26N2S. The van der Waals surface area contributed by atoms with Crippen molar-refractivity contribution in [1.82, 2.24) is 10.3 Å². The van der Waals surface area contributed by atoms with Gasteiger partial charge >= 0.3 is 0 Å². The van der Waals surface area contributed by atoms with Gasteiger partial charge in [0, 0.05) is 5.38 Å². The van der Waals surface area contributed by atoms with Crippen LogP contribution in [0.4, 0.5) is 0 Å². The van der Waals surface area contributed by atoms with Crippen LogP contribution in [0.25, 0.3) is 0 Å². The first-order valence-corrected chi connectivity index (χ1v) is 8.60. The van der Waals surface area contributed by atoms with Crippen molar-refractivity contribution in [3.05, 3.63) is 51.5 Å². The second-order valence-corrected chi connectivity index (χ2v) is 7.22. The molecule has 1 aromatic heterocycles. The SMILES string of the molecule is CNC(c1ccc(CC(C)C)cc1)c1nc(C(C)C)cs1. The number of thiazole rings is 1. The molecule has 0 saturated carbocycles. The maximum atomic E-state index is 4.78. The van der Waals surface area contributed by atoms with E-state index in [1.165, 1.54) is 16.8 Å². The monoisotopic (exact) mass is 302 g/mol. The summed E-state index contributed by atoms with van der Waals surface area (Å²) in [5.74, 6) is 1.18. The van der Waals surface area contributed by atoms with E-state index in [4.69, 9.17) is 4.98 Å². The summed E-state index contributed by atoms with van der Waals surface area (Å²) >= 11 is 1.75. The van der Waals surface area contributed by atoms with Crippen LogP contribution < -0.4 is 5.32 Å². The van der Waals surface area contributed by atoms with Gasteiger partial charge in [-0.15, -0.1) is 11.3 Å². The zero-order valence-corrected chi connectivity index (χ0v) is 14.5. The molecular weight excluding hydrogens is 276 g/mol. The van der Waals surface area contributed by atoms with Gasteiger partial charge in [0.2, 0.25) is 0 Å². The summed E-state index contributed by atoms with van der Waals surface area (Å²) < 4.78 is 0. The second-order valence-electron chi connectivity index (χ2n) is 6.33. The van der Waals surface area contributed by atoms with Crippen LogP contribution in [0.1, 0.15) is 61.5 Å². The molecule has 1 unspecified atom stereocenters. The van der Waals surface area contributed by atoms with Gasteiger partial charge in [-0.3, -0.25) is 0 Å². The van der Waals surface area contributed by atoms with Gasteiger partial charge in [-0.25, -0.2) is 4.98 Å². The van der Waals surface area contributed by atoms with Crippen molar-refractivity contribution in [1.29, 1.82) is 0 Å². The summed E-state index contributed by atoms with van der Waals surface area (Å²) in [4.78, 5) is 4.78. The number of nitrogens with one attached hydrogen (secondary N) is 1. The zero-order chi connectivity index (χ0) is 15.4. The van der Waals surface area contributed by atoms with Crippen LogP contribution in [0, 0.1) is 5.92 Å². The third kappa shape index (κ3) is 4.14. The Labute approximate surface area is 132 Å². The fourth-order valence-electron chi connectivity index (χ4n) is 2.45. The molecule has 1 heterocycles. The van der Waals surface area contributed by atoms with Crippen LogP contribution in [0.2, 0.25) is 0 Å². The second kappa shape index (κ2) is 7.19. The molecule has 0 bridgehead atoms. The first-order chi connectivity index (χ1) is 10.0. The molecule has 1 atom stereocenters.